The Morgan fingerprint density at radius 1 is 1.10 bits per heavy atom. The Hall–Kier alpha value is -0.940. The Kier molecular flexibility index (Phi) is 3.58. The highest BCUT2D eigenvalue weighted by atomic mass is 16.7. The molecule has 0 saturated carbocycles. The lowest BCUT2D eigenvalue weighted by Crippen LogP contribution is -2.54. The molecule has 3 saturated heterocycles. The van der Waals surface area contributed by atoms with Gasteiger partial charge in [0, 0.05) is 5.92 Å². The largest absolute Gasteiger partial charge is 0.384 e. The number of ether oxygens (including phenoxy) is 3. The summed E-state index contributed by atoms with van der Waals surface area (Å²) in [5, 5.41) is 10.7. The van der Waals surface area contributed by atoms with E-state index in [1.54, 1.807) is 0 Å². The van der Waals surface area contributed by atoms with E-state index in [1.165, 1.54) is 0 Å². The minimum absolute atomic E-state index is 0.000386. The van der Waals surface area contributed by atoms with Gasteiger partial charge in [-0.2, -0.15) is 0 Å². The van der Waals surface area contributed by atoms with Gasteiger partial charge in [0.05, 0.1) is 31.8 Å². The maximum atomic E-state index is 10.7. The standard InChI is InChI=1S/C16H22O4/c1-3-4-5-6-7-8-16-14-13(12(2)9-19-16)18-10-15(14,17)11-20-16/h3-8,12-14,17H,9-11H2,1-2H3/b4-3+,6-5+,8-7+/t12-,13-,14+,15-,16-/m0/s1. The summed E-state index contributed by atoms with van der Waals surface area (Å²) in [5.74, 6) is -0.719. The summed E-state index contributed by atoms with van der Waals surface area (Å²) in [7, 11) is 0. The normalized spacial score (nSPS) is 47.9. The van der Waals surface area contributed by atoms with Crippen molar-refractivity contribution in [2.24, 2.45) is 11.8 Å². The van der Waals surface area contributed by atoms with Crippen molar-refractivity contribution in [2.45, 2.75) is 31.3 Å². The first kappa shape index (κ1) is 14.0. The topological polar surface area (TPSA) is 47.9 Å². The van der Waals surface area contributed by atoms with Gasteiger partial charge in [0.2, 0.25) is 0 Å². The van der Waals surface area contributed by atoms with Gasteiger partial charge in [0.25, 0.3) is 0 Å². The number of hydrogen-bond acceptors (Lipinski definition) is 4. The number of hydrogen-bond donors (Lipinski definition) is 1. The van der Waals surface area contributed by atoms with Crippen LogP contribution < -0.4 is 0 Å². The van der Waals surface area contributed by atoms with Crippen LogP contribution in [0.15, 0.2) is 36.5 Å². The summed E-state index contributed by atoms with van der Waals surface area (Å²) in [4.78, 5) is 0. The van der Waals surface area contributed by atoms with Gasteiger partial charge in [-0.3, -0.25) is 0 Å². The molecule has 0 amide bonds. The monoisotopic (exact) mass is 278 g/mol. The fraction of sp³-hybridized carbons (Fsp3) is 0.625. The van der Waals surface area contributed by atoms with Crippen molar-refractivity contribution in [3.05, 3.63) is 36.5 Å². The molecule has 3 rings (SSSR count). The van der Waals surface area contributed by atoms with Gasteiger partial charge >= 0.3 is 0 Å². The molecule has 0 aromatic carbocycles. The first-order valence-corrected chi connectivity index (χ1v) is 7.20. The first-order valence-electron chi connectivity index (χ1n) is 7.20. The average Bonchev–Trinajstić information content (AvgIpc) is 2.93. The minimum atomic E-state index is -0.920. The van der Waals surface area contributed by atoms with E-state index < -0.39 is 11.4 Å². The van der Waals surface area contributed by atoms with Crippen LogP contribution in [-0.2, 0) is 14.2 Å². The van der Waals surface area contributed by atoms with Crippen molar-refractivity contribution in [3.8, 4) is 0 Å². The van der Waals surface area contributed by atoms with Crippen LogP contribution in [0.4, 0.5) is 0 Å². The van der Waals surface area contributed by atoms with Crippen molar-refractivity contribution in [1.82, 2.24) is 0 Å². The van der Waals surface area contributed by atoms with E-state index in [1.807, 2.05) is 43.4 Å². The van der Waals surface area contributed by atoms with Gasteiger partial charge in [-0.25, -0.2) is 0 Å². The lowest BCUT2D eigenvalue weighted by Gasteiger charge is -2.42. The fourth-order valence-corrected chi connectivity index (χ4v) is 3.40. The highest BCUT2D eigenvalue weighted by Crippen LogP contribution is 2.52. The summed E-state index contributed by atoms with van der Waals surface area (Å²) in [5.41, 5.74) is -0.920. The second kappa shape index (κ2) is 5.11. The van der Waals surface area contributed by atoms with Crippen LogP contribution in [0, 0.1) is 11.8 Å². The first-order chi connectivity index (χ1) is 9.61. The van der Waals surface area contributed by atoms with Crippen molar-refractivity contribution in [2.75, 3.05) is 19.8 Å². The van der Waals surface area contributed by atoms with E-state index in [4.69, 9.17) is 14.2 Å². The van der Waals surface area contributed by atoms with Crippen molar-refractivity contribution < 1.29 is 19.3 Å². The average molecular weight is 278 g/mol. The van der Waals surface area contributed by atoms with Gasteiger partial charge in [0.15, 0.2) is 5.79 Å². The number of rotatable bonds is 3. The summed E-state index contributed by atoms with van der Waals surface area (Å²) < 4.78 is 17.6. The van der Waals surface area contributed by atoms with Gasteiger partial charge < -0.3 is 19.3 Å². The van der Waals surface area contributed by atoms with E-state index >= 15 is 0 Å². The number of aliphatic hydroxyl groups is 1. The third-order valence-electron chi connectivity index (χ3n) is 4.40. The highest BCUT2D eigenvalue weighted by molar-refractivity contribution is 5.21. The molecule has 20 heavy (non-hydrogen) atoms. The Balaban J connectivity index is 1.84. The van der Waals surface area contributed by atoms with Gasteiger partial charge in [0.1, 0.15) is 5.60 Å². The molecule has 110 valence electrons. The van der Waals surface area contributed by atoms with Gasteiger partial charge in [-0.1, -0.05) is 37.3 Å². The van der Waals surface area contributed by atoms with E-state index in [2.05, 4.69) is 6.92 Å². The zero-order valence-electron chi connectivity index (χ0n) is 12.0. The SMILES string of the molecule is C/C=C/C=C/C=C/[C@]12OC[C@H](C)[C@@H]3OC[C@](O)(CO1)[C@@H]32. The van der Waals surface area contributed by atoms with Gasteiger partial charge in [-0.15, -0.1) is 0 Å². The summed E-state index contributed by atoms with van der Waals surface area (Å²) in [6.07, 6.45) is 11.6. The van der Waals surface area contributed by atoms with Crippen LogP contribution >= 0.6 is 0 Å². The van der Waals surface area contributed by atoms with Crippen LogP contribution in [0.5, 0.6) is 0 Å². The van der Waals surface area contributed by atoms with E-state index in [9.17, 15) is 5.11 Å². The Labute approximate surface area is 119 Å². The quantitative estimate of drug-likeness (QED) is 0.800. The minimum Gasteiger partial charge on any atom is -0.384 e. The van der Waals surface area contributed by atoms with Crippen molar-refractivity contribution >= 4 is 0 Å². The predicted molar refractivity (Wildman–Crippen MR) is 75.1 cm³/mol. The second-order valence-corrected chi connectivity index (χ2v) is 5.93. The second-order valence-electron chi connectivity index (χ2n) is 5.93. The smallest absolute Gasteiger partial charge is 0.196 e. The maximum Gasteiger partial charge on any atom is 0.196 e. The lowest BCUT2D eigenvalue weighted by atomic mass is 9.77. The predicted octanol–water partition coefficient (Wildman–Crippen LogP) is 1.81. The van der Waals surface area contributed by atoms with E-state index in [-0.39, 0.29) is 24.5 Å². The molecule has 3 heterocycles. The molecule has 0 bridgehead atoms. The van der Waals surface area contributed by atoms with Crippen LogP contribution in [0.25, 0.3) is 0 Å². The molecule has 4 nitrogen and oxygen atoms in total. The molecule has 0 spiro atoms. The highest BCUT2D eigenvalue weighted by Gasteiger charge is 2.67. The molecule has 0 unspecified atom stereocenters. The molecule has 3 aliphatic rings. The Bertz CT molecular complexity index is 455. The summed E-state index contributed by atoms with van der Waals surface area (Å²) >= 11 is 0. The zero-order valence-corrected chi connectivity index (χ0v) is 12.0. The maximum absolute atomic E-state index is 10.7. The lowest BCUT2D eigenvalue weighted by molar-refractivity contribution is -0.250. The molecule has 0 aliphatic carbocycles. The van der Waals surface area contributed by atoms with E-state index in [0.717, 1.165) is 0 Å². The van der Waals surface area contributed by atoms with Crippen LogP contribution in [-0.4, -0.2) is 42.4 Å². The molecular formula is C16H22O4. The molecule has 0 aromatic rings. The van der Waals surface area contributed by atoms with Crippen LogP contribution in [0.3, 0.4) is 0 Å². The van der Waals surface area contributed by atoms with E-state index in [0.29, 0.717) is 13.2 Å². The molecule has 3 aliphatic heterocycles. The zero-order chi connectivity index (χ0) is 14.2. The molecule has 1 N–H and O–H groups in total. The Morgan fingerprint density at radius 3 is 2.70 bits per heavy atom. The molecule has 3 fully saturated rings. The van der Waals surface area contributed by atoms with Crippen molar-refractivity contribution in [1.29, 1.82) is 0 Å². The molecule has 0 aromatic heterocycles. The Morgan fingerprint density at radius 2 is 1.90 bits per heavy atom. The van der Waals surface area contributed by atoms with Crippen LogP contribution in [0.1, 0.15) is 13.8 Å². The molecular weight excluding hydrogens is 256 g/mol. The third-order valence-corrected chi connectivity index (χ3v) is 4.40. The van der Waals surface area contributed by atoms with Crippen LogP contribution in [0.2, 0.25) is 0 Å². The molecule has 4 heteroatoms. The summed E-state index contributed by atoms with van der Waals surface area (Å²) in [6.45, 7) is 5.25. The molecule has 5 atom stereocenters. The fourth-order valence-electron chi connectivity index (χ4n) is 3.40. The third kappa shape index (κ3) is 2.07. The van der Waals surface area contributed by atoms with Gasteiger partial charge in [-0.05, 0) is 13.0 Å². The summed E-state index contributed by atoms with van der Waals surface area (Å²) in [6, 6.07) is 0. The number of allylic oxidation sites excluding steroid dienone is 5. The van der Waals surface area contributed by atoms with Crippen molar-refractivity contribution in [3.63, 3.8) is 0 Å². The molecule has 0 radical (unpaired) electrons.